The fourth-order valence-electron chi connectivity index (χ4n) is 6.12. The van der Waals surface area contributed by atoms with Gasteiger partial charge in [0.15, 0.2) is 0 Å². The first kappa shape index (κ1) is 12.6. The van der Waals surface area contributed by atoms with Crippen molar-refractivity contribution in [2.45, 2.75) is 57.5 Å². The quantitative estimate of drug-likeness (QED) is 0.820. The molecule has 0 spiro atoms. The van der Waals surface area contributed by atoms with Gasteiger partial charge in [0.25, 0.3) is 0 Å². The molecule has 0 radical (unpaired) electrons. The first-order valence-corrected chi connectivity index (χ1v) is 8.68. The molecule has 2 heteroatoms. The van der Waals surface area contributed by atoms with Gasteiger partial charge in [0.1, 0.15) is 0 Å². The van der Waals surface area contributed by atoms with E-state index >= 15 is 0 Å². The second-order valence-electron chi connectivity index (χ2n) is 7.99. The maximum absolute atomic E-state index is 10.6. The molecule has 0 aromatic carbocycles. The van der Waals surface area contributed by atoms with Crippen LogP contribution < -0.4 is 5.32 Å². The predicted molar refractivity (Wildman–Crippen MR) is 76.8 cm³/mol. The van der Waals surface area contributed by atoms with Crippen LogP contribution in [0.25, 0.3) is 0 Å². The van der Waals surface area contributed by atoms with E-state index in [1.807, 2.05) is 0 Å². The number of aliphatic hydroxyl groups excluding tert-OH is 1. The third-order valence-electron chi connectivity index (χ3n) is 6.86. The minimum atomic E-state index is -0.00961. The zero-order valence-electron chi connectivity index (χ0n) is 12.1. The molecule has 0 aromatic heterocycles. The van der Waals surface area contributed by atoms with Crippen molar-refractivity contribution in [2.75, 3.05) is 13.1 Å². The van der Waals surface area contributed by atoms with Gasteiger partial charge in [0, 0.05) is 0 Å². The van der Waals surface area contributed by atoms with Gasteiger partial charge in [-0.3, -0.25) is 0 Å². The van der Waals surface area contributed by atoms with Crippen LogP contribution in [0.4, 0.5) is 0 Å². The lowest BCUT2D eigenvalue weighted by Crippen LogP contribution is -2.47. The molecule has 2 nitrogen and oxygen atoms in total. The van der Waals surface area contributed by atoms with Crippen LogP contribution in [0.3, 0.4) is 0 Å². The van der Waals surface area contributed by atoms with E-state index in [2.05, 4.69) is 5.32 Å². The molecule has 1 saturated heterocycles. The lowest BCUT2D eigenvalue weighted by atomic mass is 9.51. The van der Waals surface area contributed by atoms with E-state index < -0.39 is 0 Å². The van der Waals surface area contributed by atoms with Gasteiger partial charge in [-0.05, 0) is 100.0 Å². The fraction of sp³-hybridized carbons (Fsp3) is 1.00. The molecule has 1 aliphatic heterocycles. The lowest BCUT2D eigenvalue weighted by molar-refractivity contribution is -0.0631. The summed E-state index contributed by atoms with van der Waals surface area (Å²) in [6.45, 7) is 2.23. The van der Waals surface area contributed by atoms with Crippen molar-refractivity contribution in [1.29, 1.82) is 0 Å². The predicted octanol–water partition coefficient (Wildman–Crippen LogP) is 2.81. The monoisotopic (exact) mass is 263 g/mol. The number of nitrogens with one attached hydrogen (secondary N) is 1. The molecule has 5 aliphatic rings. The Morgan fingerprint density at radius 1 is 0.895 bits per heavy atom. The summed E-state index contributed by atoms with van der Waals surface area (Å²) in [5.74, 6) is 5.54. The van der Waals surface area contributed by atoms with Crippen molar-refractivity contribution in [2.24, 2.45) is 35.5 Å². The van der Waals surface area contributed by atoms with Gasteiger partial charge < -0.3 is 10.4 Å². The highest BCUT2D eigenvalue weighted by Crippen LogP contribution is 2.57. The summed E-state index contributed by atoms with van der Waals surface area (Å²) < 4.78 is 0. The second-order valence-corrected chi connectivity index (χ2v) is 7.99. The average molecular weight is 263 g/mol. The van der Waals surface area contributed by atoms with E-state index in [4.69, 9.17) is 0 Å². The van der Waals surface area contributed by atoms with E-state index in [0.29, 0.717) is 5.92 Å². The van der Waals surface area contributed by atoms with Gasteiger partial charge in [0.05, 0.1) is 6.10 Å². The largest absolute Gasteiger partial charge is 0.393 e. The Bertz CT molecular complexity index is 295. The molecule has 108 valence electrons. The van der Waals surface area contributed by atoms with Gasteiger partial charge in [-0.15, -0.1) is 0 Å². The van der Waals surface area contributed by atoms with E-state index in [1.54, 1.807) is 0 Å². The standard InChI is InChI=1S/C17H29NO/c19-17(13-1-3-18-4-2-13)10-16-14-6-11-5-12(8-14)9-15(16)7-11/h11-19H,1-10H2. The minimum absolute atomic E-state index is 0.00961. The Morgan fingerprint density at radius 2 is 1.47 bits per heavy atom. The highest BCUT2D eigenvalue weighted by Gasteiger charge is 2.48. The summed E-state index contributed by atoms with van der Waals surface area (Å²) in [6.07, 6.45) is 11.0. The normalized spacial score (nSPS) is 47.5. The van der Waals surface area contributed by atoms with E-state index in [-0.39, 0.29) is 6.10 Å². The summed E-state index contributed by atoms with van der Waals surface area (Å²) in [5.41, 5.74) is 0. The number of rotatable bonds is 3. The highest BCUT2D eigenvalue weighted by atomic mass is 16.3. The van der Waals surface area contributed by atoms with Crippen molar-refractivity contribution in [1.82, 2.24) is 5.32 Å². The van der Waals surface area contributed by atoms with Crippen LogP contribution in [0.1, 0.15) is 51.4 Å². The van der Waals surface area contributed by atoms with Crippen LogP contribution in [0.2, 0.25) is 0 Å². The molecule has 1 unspecified atom stereocenters. The molecule has 4 bridgehead atoms. The van der Waals surface area contributed by atoms with Crippen LogP contribution in [-0.4, -0.2) is 24.3 Å². The molecule has 0 amide bonds. The Hall–Kier alpha value is -0.0800. The Balaban J connectivity index is 1.39. The van der Waals surface area contributed by atoms with Gasteiger partial charge in [-0.1, -0.05) is 0 Å². The third-order valence-corrected chi connectivity index (χ3v) is 6.86. The topological polar surface area (TPSA) is 32.3 Å². The van der Waals surface area contributed by atoms with Crippen molar-refractivity contribution in [3.63, 3.8) is 0 Å². The number of hydrogen-bond acceptors (Lipinski definition) is 2. The van der Waals surface area contributed by atoms with E-state index in [1.165, 1.54) is 44.9 Å². The maximum atomic E-state index is 10.6. The molecular formula is C17H29NO. The molecule has 19 heavy (non-hydrogen) atoms. The fourth-order valence-corrected chi connectivity index (χ4v) is 6.12. The number of hydrogen-bond donors (Lipinski definition) is 2. The molecule has 1 heterocycles. The third kappa shape index (κ3) is 2.35. The summed E-state index contributed by atoms with van der Waals surface area (Å²) in [6, 6.07) is 0. The van der Waals surface area contributed by atoms with Crippen molar-refractivity contribution in [3.05, 3.63) is 0 Å². The van der Waals surface area contributed by atoms with Crippen LogP contribution in [0, 0.1) is 35.5 Å². The summed E-state index contributed by atoms with van der Waals surface area (Å²) >= 11 is 0. The zero-order chi connectivity index (χ0) is 12.8. The molecule has 5 fully saturated rings. The smallest absolute Gasteiger partial charge is 0.0572 e. The number of aliphatic hydroxyl groups is 1. The van der Waals surface area contributed by atoms with Gasteiger partial charge in [-0.25, -0.2) is 0 Å². The maximum Gasteiger partial charge on any atom is 0.0572 e. The number of piperidine rings is 1. The molecule has 2 N–H and O–H groups in total. The molecule has 1 atom stereocenters. The van der Waals surface area contributed by atoms with Crippen LogP contribution >= 0.6 is 0 Å². The SMILES string of the molecule is OC(CC1C2CC3CC(C2)CC1C3)C1CCNCC1. The molecule has 5 rings (SSSR count). The van der Waals surface area contributed by atoms with Gasteiger partial charge in [0.2, 0.25) is 0 Å². The minimum Gasteiger partial charge on any atom is -0.393 e. The van der Waals surface area contributed by atoms with Gasteiger partial charge in [-0.2, -0.15) is 0 Å². The first-order valence-electron chi connectivity index (χ1n) is 8.68. The van der Waals surface area contributed by atoms with Crippen molar-refractivity contribution < 1.29 is 5.11 Å². The summed E-state index contributed by atoms with van der Waals surface area (Å²) in [7, 11) is 0. The Kier molecular flexibility index (Phi) is 3.35. The molecule has 4 aliphatic carbocycles. The zero-order valence-corrected chi connectivity index (χ0v) is 12.1. The van der Waals surface area contributed by atoms with Crippen LogP contribution in [0.15, 0.2) is 0 Å². The molecule has 4 saturated carbocycles. The van der Waals surface area contributed by atoms with Gasteiger partial charge >= 0.3 is 0 Å². The summed E-state index contributed by atoms with van der Waals surface area (Å²) in [4.78, 5) is 0. The summed E-state index contributed by atoms with van der Waals surface area (Å²) in [5, 5.41) is 14.0. The molecular weight excluding hydrogens is 234 g/mol. The Labute approximate surface area is 117 Å². The highest BCUT2D eigenvalue weighted by molar-refractivity contribution is 4.99. The van der Waals surface area contributed by atoms with E-state index in [0.717, 1.165) is 49.1 Å². The second kappa shape index (κ2) is 5.04. The average Bonchev–Trinajstić information content (AvgIpc) is 2.43. The lowest BCUT2D eigenvalue weighted by Gasteiger charge is -2.55. The Morgan fingerprint density at radius 3 is 2.05 bits per heavy atom. The van der Waals surface area contributed by atoms with Crippen molar-refractivity contribution >= 4 is 0 Å². The van der Waals surface area contributed by atoms with Crippen molar-refractivity contribution in [3.8, 4) is 0 Å². The first-order chi connectivity index (χ1) is 9.29. The van der Waals surface area contributed by atoms with Crippen LogP contribution in [0.5, 0.6) is 0 Å². The van der Waals surface area contributed by atoms with Crippen LogP contribution in [-0.2, 0) is 0 Å². The van der Waals surface area contributed by atoms with E-state index in [9.17, 15) is 5.11 Å². The molecule has 0 aromatic rings.